The van der Waals surface area contributed by atoms with Crippen LogP contribution in [0, 0.1) is 6.92 Å². The Morgan fingerprint density at radius 1 is 1.35 bits per heavy atom. The molecule has 1 aromatic carbocycles. The van der Waals surface area contributed by atoms with Crippen LogP contribution < -0.4 is 5.69 Å². The molecule has 3 nitrogen and oxygen atoms in total. The summed E-state index contributed by atoms with van der Waals surface area (Å²) in [5.41, 5.74) is 3.93. The van der Waals surface area contributed by atoms with Gasteiger partial charge < -0.3 is 4.98 Å². The first-order chi connectivity index (χ1) is 9.66. The first-order valence-electron chi connectivity index (χ1n) is 6.60. The molecule has 4 heteroatoms. The number of imidazole rings is 1. The smallest absolute Gasteiger partial charge is 0.306 e. The normalized spacial score (nSPS) is 14.4. The number of hydrogen-bond donors (Lipinski definition) is 1. The second-order valence-electron chi connectivity index (χ2n) is 4.89. The third-order valence-corrected chi connectivity index (χ3v) is 4.44. The van der Waals surface area contributed by atoms with E-state index in [9.17, 15) is 4.79 Å². The molecular weight excluding hydrogens is 316 g/mol. The Bertz CT molecular complexity index is 765. The van der Waals surface area contributed by atoms with E-state index in [4.69, 9.17) is 0 Å². The topological polar surface area (TPSA) is 37.8 Å². The van der Waals surface area contributed by atoms with Crippen molar-refractivity contribution in [1.29, 1.82) is 0 Å². The van der Waals surface area contributed by atoms with E-state index in [-0.39, 0.29) is 5.69 Å². The van der Waals surface area contributed by atoms with Crippen molar-refractivity contribution >= 4 is 21.5 Å². The molecule has 2 aromatic rings. The largest absolute Gasteiger partial charge is 0.330 e. The summed E-state index contributed by atoms with van der Waals surface area (Å²) in [6.07, 6.45) is 10.1. The summed E-state index contributed by atoms with van der Waals surface area (Å²) in [5, 5.41) is 0. The molecule has 102 valence electrons. The third-order valence-electron chi connectivity index (χ3n) is 3.58. The molecule has 0 bridgehead atoms. The molecule has 1 aromatic heterocycles. The molecule has 0 spiro atoms. The van der Waals surface area contributed by atoms with Gasteiger partial charge in [-0.1, -0.05) is 40.2 Å². The van der Waals surface area contributed by atoms with Crippen LogP contribution >= 0.6 is 15.9 Å². The minimum atomic E-state index is -0.100. The van der Waals surface area contributed by atoms with E-state index in [0.29, 0.717) is 0 Å². The van der Waals surface area contributed by atoms with Crippen molar-refractivity contribution in [3.05, 3.63) is 68.8 Å². The third kappa shape index (κ3) is 2.31. The van der Waals surface area contributed by atoms with Gasteiger partial charge in [0.2, 0.25) is 0 Å². The Balaban J connectivity index is 2.10. The molecule has 0 saturated heterocycles. The average Bonchev–Trinajstić information content (AvgIpc) is 2.85. The first kappa shape index (κ1) is 13.2. The zero-order chi connectivity index (χ0) is 14.1. The van der Waals surface area contributed by atoms with Gasteiger partial charge in [0.05, 0.1) is 11.4 Å². The highest BCUT2D eigenvalue weighted by atomic mass is 79.9. The number of rotatable bonds is 2. The lowest BCUT2D eigenvalue weighted by Crippen LogP contribution is -2.15. The van der Waals surface area contributed by atoms with E-state index in [1.165, 1.54) is 5.57 Å². The molecule has 0 unspecified atom stereocenters. The van der Waals surface area contributed by atoms with E-state index in [0.717, 1.165) is 34.3 Å². The number of hydrogen-bond acceptors (Lipinski definition) is 1. The summed E-state index contributed by atoms with van der Waals surface area (Å²) < 4.78 is 2.68. The lowest BCUT2D eigenvalue weighted by Gasteiger charge is -2.08. The van der Waals surface area contributed by atoms with Gasteiger partial charge in [-0.15, -0.1) is 0 Å². The molecular formula is C16H15BrN2O. The van der Waals surface area contributed by atoms with Crippen LogP contribution in [0.3, 0.4) is 0 Å². The molecule has 0 aliphatic heterocycles. The number of nitrogens with one attached hydrogen (secondary N) is 1. The Labute approximate surface area is 125 Å². The van der Waals surface area contributed by atoms with Crippen LogP contribution in [0.25, 0.3) is 11.3 Å². The summed E-state index contributed by atoms with van der Waals surface area (Å²) >= 11 is 3.51. The highest BCUT2D eigenvalue weighted by Gasteiger charge is 2.12. The zero-order valence-electron chi connectivity index (χ0n) is 11.2. The molecule has 0 atom stereocenters. The van der Waals surface area contributed by atoms with E-state index in [1.807, 2.05) is 37.4 Å². The molecule has 0 fully saturated rings. The molecule has 0 radical (unpaired) electrons. The van der Waals surface area contributed by atoms with Crippen molar-refractivity contribution in [3.8, 4) is 5.69 Å². The summed E-state index contributed by atoms with van der Waals surface area (Å²) in [4.78, 5) is 15.1. The predicted octanol–water partition coefficient (Wildman–Crippen LogP) is 3.97. The molecule has 0 saturated carbocycles. The van der Waals surface area contributed by atoms with Crippen LogP contribution in [0.1, 0.15) is 24.1 Å². The van der Waals surface area contributed by atoms with Gasteiger partial charge >= 0.3 is 5.69 Å². The van der Waals surface area contributed by atoms with Gasteiger partial charge in [-0.3, -0.25) is 4.57 Å². The van der Waals surface area contributed by atoms with Crippen LogP contribution in [-0.4, -0.2) is 9.55 Å². The van der Waals surface area contributed by atoms with Gasteiger partial charge in [0, 0.05) is 10.7 Å². The van der Waals surface area contributed by atoms with Crippen molar-refractivity contribution in [2.45, 2.75) is 19.8 Å². The van der Waals surface area contributed by atoms with Crippen molar-refractivity contribution in [2.75, 3.05) is 0 Å². The summed E-state index contributed by atoms with van der Waals surface area (Å²) in [5.74, 6) is 0. The van der Waals surface area contributed by atoms with Crippen LogP contribution in [0.2, 0.25) is 0 Å². The summed E-state index contributed by atoms with van der Waals surface area (Å²) in [6, 6.07) is 5.87. The first-order valence-corrected chi connectivity index (χ1v) is 7.39. The van der Waals surface area contributed by atoms with Gasteiger partial charge in [0.1, 0.15) is 0 Å². The number of aromatic amines is 1. The summed E-state index contributed by atoms with van der Waals surface area (Å²) in [7, 11) is 0. The average molecular weight is 331 g/mol. The van der Waals surface area contributed by atoms with Crippen LogP contribution in [0.15, 0.2) is 51.9 Å². The number of benzene rings is 1. The number of halogens is 1. The second kappa shape index (κ2) is 5.29. The summed E-state index contributed by atoms with van der Waals surface area (Å²) in [6.45, 7) is 2.00. The lowest BCUT2D eigenvalue weighted by atomic mass is 10.0. The van der Waals surface area contributed by atoms with Crippen molar-refractivity contribution in [3.63, 3.8) is 0 Å². The maximum absolute atomic E-state index is 12.2. The van der Waals surface area contributed by atoms with Gasteiger partial charge in [-0.25, -0.2) is 4.79 Å². The van der Waals surface area contributed by atoms with Crippen molar-refractivity contribution in [2.24, 2.45) is 0 Å². The van der Waals surface area contributed by atoms with Gasteiger partial charge in [0.25, 0.3) is 0 Å². The molecule has 3 rings (SSSR count). The van der Waals surface area contributed by atoms with Gasteiger partial charge in [-0.05, 0) is 43.0 Å². The number of allylic oxidation sites excluding steroid dienone is 4. The molecule has 1 aliphatic rings. The quantitative estimate of drug-likeness (QED) is 0.888. The van der Waals surface area contributed by atoms with Gasteiger partial charge in [-0.2, -0.15) is 0 Å². The van der Waals surface area contributed by atoms with Crippen LogP contribution in [0.5, 0.6) is 0 Å². The molecule has 20 heavy (non-hydrogen) atoms. The van der Waals surface area contributed by atoms with Crippen LogP contribution in [-0.2, 0) is 0 Å². The monoisotopic (exact) mass is 330 g/mol. The Morgan fingerprint density at radius 3 is 2.95 bits per heavy atom. The minimum Gasteiger partial charge on any atom is -0.306 e. The lowest BCUT2D eigenvalue weighted by molar-refractivity contribution is 0.973. The van der Waals surface area contributed by atoms with E-state index < -0.39 is 0 Å². The maximum atomic E-state index is 12.2. The van der Waals surface area contributed by atoms with Crippen molar-refractivity contribution in [1.82, 2.24) is 9.55 Å². The Morgan fingerprint density at radius 2 is 2.20 bits per heavy atom. The van der Waals surface area contributed by atoms with Gasteiger partial charge in [0.15, 0.2) is 0 Å². The number of nitrogens with zero attached hydrogens (tertiary/aromatic N) is 1. The molecule has 1 aliphatic carbocycles. The van der Waals surface area contributed by atoms with Crippen molar-refractivity contribution < 1.29 is 0 Å². The SMILES string of the molecule is Cc1c(Br)cccc1-n1cc(C2=CC=CCC2)[nH]c1=O. The maximum Gasteiger partial charge on any atom is 0.330 e. The highest BCUT2D eigenvalue weighted by Crippen LogP contribution is 2.24. The molecule has 1 N–H and O–H groups in total. The van der Waals surface area contributed by atoms with E-state index >= 15 is 0 Å². The minimum absolute atomic E-state index is 0.100. The Hall–Kier alpha value is -1.81. The predicted molar refractivity (Wildman–Crippen MR) is 85.2 cm³/mol. The fourth-order valence-corrected chi connectivity index (χ4v) is 2.78. The fourth-order valence-electron chi connectivity index (χ4n) is 2.42. The standard InChI is InChI=1S/C16H15BrN2O/c1-11-13(17)8-5-9-15(11)19-10-14(18-16(19)20)12-6-3-2-4-7-12/h2-3,5-6,8-10H,4,7H2,1H3,(H,18,20). The number of aromatic nitrogens is 2. The Kier molecular flexibility index (Phi) is 3.49. The molecule has 1 heterocycles. The second-order valence-corrected chi connectivity index (χ2v) is 5.74. The fraction of sp³-hybridized carbons (Fsp3) is 0.188. The highest BCUT2D eigenvalue weighted by molar-refractivity contribution is 9.10. The zero-order valence-corrected chi connectivity index (χ0v) is 12.8. The van der Waals surface area contributed by atoms with Crippen LogP contribution in [0.4, 0.5) is 0 Å². The van der Waals surface area contributed by atoms with E-state index in [1.54, 1.807) is 4.57 Å². The molecule has 0 amide bonds. The number of H-pyrrole nitrogens is 1. The van der Waals surface area contributed by atoms with E-state index in [2.05, 4.69) is 33.1 Å².